The van der Waals surface area contributed by atoms with E-state index in [1.807, 2.05) is 18.2 Å². The van der Waals surface area contributed by atoms with Gasteiger partial charge in [-0.1, -0.05) is 12.1 Å². The second kappa shape index (κ2) is 6.18. The highest BCUT2D eigenvalue weighted by atomic mass is 15.1. The van der Waals surface area contributed by atoms with Crippen LogP contribution in [0.2, 0.25) is 0 Å². The van der Waals surface area contributed by atoms with Gasteiger partial charge in [-0.05, 0) is 59.2 Å². The molecule has 3 heterocycles. The third-order valence-electron chi connectivity index (χ3n) is 6.08. The topological polar surface area (TPSA) is 86.6 Å². The van der Waals surface area contributed by atoms with E-state index >= 15 is 0 Å². The molecule has 2 atom stereocenters. The van der Waals surface area contributed by atoms with Crippen LogP contribution in [0.1, 0.15) is 5.56 Å². The summed E-state index contributed by atoms with van der Waals surface area (Å²) in [5.41, 5.74) is 15.9. The van der Waals surface area contributed by atoms with Crippen molar-refractivity contribution in [1.82, 2.24) is 25.1 Å². The molecule has 2 aliphatic carbocycles. The number of fused-ring (bicyclic) bond motifs is 3. The first-order valence-electron chi connectivity index (χ1n) is 10.1. The minimum atomic E-state index is 0.135. The van der Waals surface area contributed by atoms with Crippen LogP contribution in [0.3, 0.4) is 0 Å². The van der Waals surface area contributed by atoms with Crippen LogP contribution < -0.4 is 5.73 Å². The summed E-state index contributed by atoms with van der Waals surface area (Å²) in [5, 5.41) is 8.83. The number of aromatic nitrogens is 4. The van der Waals surface area contributed by atoms with Crippen LogP contribution in [0.25, 0.3) is 38.9 Å². The number of nitrogens with two attached hydrogens (primary N) is 1. The summed E-state index contributed by atoms with van der Waals surface area (Å²) in [6.07, 6.45) is 8.55. The van der Waals surface area contributed by atoms with E-state index in [9.17, 15) is 0 Å². The summed E-state index contributed by atoms with van der Waals surface area (Å²) in [7, 11) is 4.13. The number of benzene rings is 1. The molecule has 1 aromatic carbocycles. The fourth-order valence-corrected chi connectivity index (χ4v) is 4.25. The van der Waals surface area contributed by atoms with Crippen molar-refractivity contribution in [2.24, 2.45) is 11.7 Å². The number of likely N-dealkylation sites (N-methyl/N-ethyl adjacent to an activating group) is 1. The fraction of sp³-hybridized carbons (Fsp3) is 0.167. The molecule has 0 bridgehead atoms. The van der Waals surface area contributed by atoms with E-state index in [4.69, 9.17) is 5.73 Å². The Bertz CT molecular complexity index is 1360. The Morgan fingerprint density at radius 2 is 1.97 bits per heavy atom. The molecule has 6 nitrogen and oxygen atoms in total. The predicted molar refractivity (Wildman–Crippen MR) is 120 cm³/mol. The van der Waals surface area contributed by atoms with E-state index in [2.05, 4.69) is 75.6 Å². The van der Waals surface area contributed by atoms with E-state index in [0.717, 1.165) is 38.9 Å². The third-order valence-corrected chi connectivity index (χ3v) is 6.08. The summed E-state index contributed by atoms with van der Waals surface area (Å²) < 4.78 is 0. The quantitative estimate of drug-likeness (QED) is 0.493. The molecule has 0 spiro atoms. The number of hydrogen-bond donors (Lipinski definition) is 3. The van der Waals surface area contributed by atoms with Crippen molar-refractivity contribution in [3.05, 3.63) is 77.7 Å². The Morgan fingerprint density at radius 3 is 2.80 bits per heavy atom. The van der Waals surface area contributed by atoms with Crippen molar-refractivity contribution in [2.75, 3.05) is 14.1 Å². The van der Waals surface area contributed by atoms with Crippen LogP contribution in [-0.4, -0.2) is 45.2 Å². The van der Waals surface area contributed by atoms with Crippen LogP contribution >= 0.6 is 0 Å². The Labute approximate surface area is 173 Å². The molecule has 4 N–H and O–H groups in total. The summed E-state index contributed by atoms with van der Waals surface area (Å²) in [4.78, 5) is 10.00. The molecular formula is C24H22N6. The van der Waals surface area contributed by atoms with Crippen molar-refractivity contribution < 1.29 is 0 Å². The molecule has 0 amide bonds. The average Bonchev–Trinajstić information content (AvgIpc) is 3.05. The van der Waals surface area contributed by atoms with E-state index in [-0.39, 0.29) is 6.04 Å². The lowest BCUT2D eigenvalue weighted by Crippen LogP contribution is -2.10. The minimum Gasteiger partial charge on any atom is -0.378 e. The summed E-state index contributed by atoms with van der Waals surface area (Å²) in [5.74, 6) is 0.327. The highest BCUT2D eigenvalue weighted by Gasteiger charge is 2.40. The van der Waals surface area contributed by atoms with Crippen LogP contribution in [0.4, 0.5) is 0 Å². The number of rotatable bonds is 3. The van der Waals surface area contributed by atoms with Gasteiger partial charge in [0.05, 0.1) is 22.2 Å². The Kier molecular flexibility index (Phi) is 3.55. The first-order chi connectivity index (χ1) is 14.6. The summed E-state index contributed by atoms with van der Waals surface area (Å²) >= 11 is 0. The van der Waals surface area contributed by atoms with Gasteiger partial charge in [0.1, 0.15) is 5.69 Å². The molecule has 6 heteroatoms. The van der Waals surface area contributed by atoms with Crippen molar-refractivity contribution in [1.29, 1.82) is 0 Å². The monoisotopic (exact) mass is 394 g/mol. The van der Waals surface area contributed by atoms with Gasteiger partial charge in [-0.3, -0.25) is 10.1 Å². The summed E-state index contributed by atoms with van der Waals surface area (Å²) in [6, 6.07) is 12.6. The van der Waals surface area contributed by atoms with Crippen molar-refractivity contribution in [2.45, 2.75) is 6.04 Å². The molecule has 6 rings (SSSR count). The smallest absolute Gasteiger partial charge is 0.116 e. The molecule has 4 aromatic rings. The van der Waals surface area contributed by atoms with E-state index in [1.165, 1.54) is 16.8 Å². The van der Waals surface area contributed by atoms with Gasteiger partial charge in [0.2, 0.25) is 0 Å². The first kappa shape index (κ1) is 17.2. The SMILES string of the molecule is CN(C)C1=CC(c2ccc3[nH]nc(-c4cc5ncccc5[nH]4)c3c2)=CC2C(=C1)[C@@H]2N. The van der Waals surface area contributed by atoms with Crippen LogP contribution in [0.15, 0.2) is 72.1 Å². The van der Waals surface area contributed by atoms with Gasteiger partial charge in [0, 0.05) is 43.3 Å². The molecule has 1 unspecified atom stereocenters. The highest BCUT2D eigenvalue weighted by molar-refractivity contribution is 5.97. The largest absolute Gasteiger partial charge is 0.378 e. The molecule has 1 fully saturated rings. The van der Waals surface area contributed by atoms with Crippen LogP contribution in [0.5, 0.6) is 0 Å². The molecule has 1 saturated carbocycles. The number of allylic oxidation sites excluding steroid dienone is 3. The highest BCUT2D eigenvalue weighted by Crippen LogP contribution is 2.43. The van der Waals surface area contributed by atoms with Crippen molar-refractivity contribution in [3.63, 3.8) is 0 Å². The fourth-order valence-electron chi connectivity index (χ4n) is 4.25. The van der Waals surface area contributed by atoms with Gasteiger partial charge in [-0.2, -0.15) is 5.10 Å². The van der Waals surface area contributed by atoms with Gasteiger partial charge in [0.15, 0.2) is 0 Å². The average molecular weight is 394 g/mol. The number of aromatic amines is 2. The number of nitrogens with zero attached hydrogens (tertiary/aromatic N) is 3. The molecule has 3 aromatic heterocycles. The molecule has 2 aliphatic rings. The first-order valence-corrected chi connectivity index (χ1v) is 10.1. The maximum absolute atomic E-state index is 6.27. The number of nitrogens with one attached hydrogen (secondary N) is 2. The van der Waals surface area contributed by atoms with E-state index in [0.29, 0.717) is 5.92 Å². The van der Waals surface area contributed by atoms with Gasteiger partial charge < -0.3 is 15.6 Å². The zero-order valence-corrected chi connectivity index (χ0v) is 16.8. The van der Waals surface area contributed by atoms with Crippen LogP contribution in [0, 0.1) is 5.92 Å². The van der Waals surface area contributed by atoms with Gasteiger partial charge in [0.25, 0.3) is 0 Å². The van der Waals surface area contributed by atoms with E-state index < -0.39 is 0 Å². The zero-order valence-electron chi connectivity index (χ0n) is 16.8. The van der Waals surface area contributed by atoms with Gasteiger partial charge >= 0.3 is 0 Å². The Morgan fingerprint density at radius 1 is 1.07 bits per heavy atom. The Hall–Kier alpha value is -3.64. The summed E-state index contributed by atoms with van der Waals surface area (Å²) in [6.45, 7) is 0. The molecule has 0 radical (unpaired) electrons. The maximum Gasteiger partial charge on any atom is 0.116 e. The molecule has 148 valence electrons. The van der Waals surface area contributed by atoms with Gasteiger partial charge in [-0.15, -0.1) is 0 Å². The standard InChI is InChI=1S/C24H22N6/c1-30(2)15-8-14(10-16-17(11-15)23(16)25)13-5-6-19-18(9-13)24(29-28-19)22-12-21-20(27-22)4-3-7-26-21/h3-12,16,23,27H,25H2,1-2H3,(H,28,29)/t16?,23-/m1/s1. The third kappa shape index (κ3) is 2.61. The molecule has 0 saturated heterocycles. The Balaban J connectivity index is 1.48. The minimum absolute atomic E-state index is 0.135. The maximum atomic E-state index is 6.27. The predicted octanol–water partition coefficient (Wildman–Crippen LogP) is 3.83. The lowest BCUT2D eigenvalue weighted by molar-refractivity contribution is 0.530. The van der Waals surface area contributed by atoms with Gasteiger partial charge in [-0.25, -0.2) is 0 Å². The second-order valence-corrected chi connectivity index (χ2v) is 8.23. The van der Waals surface area contributed by atoms with E-state index in [1.54, 1.807) is 6.20 Å². The molecule has 30 heavy (non-hydrogen) atoms. The van der Waals surface area contributed by atoms with Crippen molar-refractivity contribution >= 4 is 27.5 Å². The van der Waals surface area contributed by atoms with Crippen LogP contribution in [-0.2, 0) is 0 Å². The zero-order chi connectivity index (χ0) is 20.4. The molecule has 0 aliphatic heterocycles. The lowest BCUT2D eigenvalue weighted by Gasteiger charge is -2.14. The molecular weight excluding hydrogens is 372 g/mol. The number of H-pyrrole nitrogens is 2. The second-order valence-electron chi connectivity index (χ2n) is 8.23. The normalized spacial score (nSPS) is 20.4. The number of pyridine rings is 1. The lowest BCUT2D eigenvalue weighted by atomic mass is 10.0. The number of hydrogen-bond acceptors (Lipinski definition) is 4. The van der Waals surface area contributed by atoms with Crippen molar-refractivity contribution in [3.8, 4) is 11.4 Å².